The van der Waals surface area contributed by atoms with Gasteiger partial charge in [0.25, 0.3) is 0 Å². The van der Waals surface area contributed by atoms with Crippen LogP contribution in [-0.4, -0.2) is 17.9 Å². The number of carbonyl (C=O) groups excluding carboxylic acids is 3. The van der Waals surface area contributed by atoms with Gasteiger partial charge in [0.15, 0.2) is 0 Å². The van der Waals surface area contributed by atoms with Crippen molar-refractivity contribution in [1.82, 2.24) is 0 Å². The van der Waals surface area contributed by atoms with Crippen LogP contribution in [0.1, 0.15) is 58.3 Å². The van der Waals surface area contributed by atoms with Gasteiger partial charge in [0, 0.05) is 0 Å². The first kappa shape index (κ1) is 25.4. The van der Waals surface area contributed by atoms with Gasteiger partial charge in [0.2, 0.25) is 0 Å². The molecule has 0 aliphatic heterocycles. The maximum atomic E-state index is 13.3. The van der Waals surface area contributed by atoms with Gasteiger partial charge in [-0.1, -0.05) is 0 Å². The van der Waals surface area contributed by atoms with Crippen LogP contribution in [0, 0.1) is 0 Å². The van der Waals surface area contributed by atoms with Crippen LogP contribution in [0.3, 0.4) is 0 Å². The molecule has 7 heteroatoms. The van der Waals surface area contributed by atoms with Gasteiger partial charge in [-0.05, 0) is 0 Å². The van der Waals surface area contributed by atoms with Crippen LogP contribution in [0.15, 0.2) is 112 Å². The third-order valence-corrected chi connectivity index (χ3v) is 10.3. The molecule has 0 saturated heterocycles. The Kier molecular flexibility index (Phi) is 7.68. The molecule has 0 fully saturated rings. The van der Waals surface area contributed by atoms with Gasteiger partial charge in [-0.25, -0.2) is 0 Å². The van der Waals surface area contributed by atoms with Gasteiger partial charge in [-0.3, -0.25) is 0 Å². The van der Waals surface area contributed by atoms with E-state index in [1.807, 2.05) is 20.8 Å². The van der Waals surface area contributed by atoms with E-state index >= 15 is 0 Å². The fourth-order valence-electron chi connectivity index (χ4n) is 3.93. The second-order valence-corrected chi connectivity index (χ2v) is 12.1. The standard InChI is InChI=1S/C8H11.3C7H6O2.Ti/c1-6-4-5-7(2)8(6)3;3*8-7(9)6-4-2-1-3-5-6;/h4H2,1-3H3;3*1-5H,(H,8,9);/q;;;;+3/p-3. The summed E-state index contributed by atoms with van der Waals surface area (Å²) in [5.41, 5.74) is 3.60. The van der Waals surface area contributed by atoms with E-state index in [2.05, 4.69) is 0 Å². The zero-order chi connectivity index (χ0) is 25.7. The van der Waals surface area contributed by atoms with Crippen molar-refractivity contribution in [1.29, 1.82) is 0 Å². The fraction of sp³-hybridized carbons (Fsp3) is 0.138. The van der Waals surface area contributed by atoms with Gasteiger partial charge in [-0.2, -0.15) is 0 Å². The predicted octanol–water partition coefficient (Wildman–Crippen LogP) is 6.47. The van der Waals surface area contributed by atoms with E-state index in [-0.39, 0.29) is 16.7 Å². The van der Waals surface area contributed by atoms with Gasteiger partial charge >= 0.3 is 215 Å². The summed E-state index contributed by atoms with van der Waals surface area (Å²) in [6.07, 6.45) is 0.379. The normalized spacial score (nSPS) is 13.4. The minimum absolute atomic E-state index is 0.261. The number of carbonyl (C=O) groups is 3. The Hall–Kier alpha value is -3.74. The molecule has 0 spiro atoms. The Morgan fingerprint density at radius 2 is 0.889 bits per heavy atom. The topological polar surface area (TPSA) is 78.9 Å². The fourth-order valence-corrected chi connectivity index (χ4v) is 8.16. The summed E-state index contributed by atoms with van der Waals surface area (Å²) in [4.78, 5) is 40.0. The Bertz CT molecular complexity index is 1210. The van der Waals surface area contributed by atoms with Crippen LogP contribution in [0.4, 0.5) is 0 Å². The number of hydrogen-bond donors (Lipinski definition) is 0. The van der Waals surface area contributed by atoms with E-state index in [9.17, 15) is 14.4 Å². The van der Waals surface area contributed by atoms with Crippen LogP contribution in [0.5, 0.6) is 0 Å². The first-order valence-electron chi connectivity index (χ1n) is 11.5. The van der Waals surface area contributed by atoms with E-state index in [1.165, 1.54) is 0 Å². The third kappa shape index (κ3) is 5.40. The summed E-state index contributed by atoms with van der Waals surface area (Å²) in [7, 11) is 0. The summed E-state index contributed by atoms with van der Waals surface area (Å²) >= 11 is -5.17. The second-order valence-electron chi connectivity index (χ2n) is 8.51. The molecule has 182 valence electrons. The maximum absolute atomic E-state index is 13.3. The number of hydrogen-bond acceptors (Lipinski definition) is 6. The Labute approximate surface area is 215 Å². The van der Waals surface area contributed by atoms with E-state index in [1.54, 1.807) is 91.0 Å². The second kappa shape index (κ2) is 10.9. The monoisotopic (exact) mass is 518 g/mol. The van der Waals surface area contributed by atoms with Crippen LogP contribution in [0.25, 0.3) is 0 Å². The zero-order valence-corrected chi connectivity index (χ0v) is 21.9. The molecular weight excluding hydrogens is 492 g/mol. The predicted molar refractivity (Wildman–Crippen MR) is 131 cm³/mol. The van der Waals surface area contributed by atoms with Crippen molar-refractivity contribution in [2.75, 3.05) is 0 Å². The molecule has 0 amide bonds. The first-order chi connectivity index (χ1) is 17.3. The molecule has 6 nitrogen and oxygen atoms in total. The first-order valence-corrected chi connectivity index (χ1v) is 14.2. The molecule has 3 aromatic carbocycles. The van der Waals surface area contributed by atoms with Gasteiger partial charge < -0.3 is 0 Å². The van der Waals surface area contributed by atoms with Crippen LogP contribution < -0.4 is 0 Å². The Balaban J connectivity index is 1.83. The van der Waals surface area contributed by atoms with Crippen molar-refractivity contribution in [3.8, 4) is 0 Å². The van der Waals surface area contributed by atoms with Gasteiger partial charge in [0.1, 0.15) is 0 Å². The van der Waals surface area contributed by atoms with Crippen LogP contribution in [0.2, 0.25) is 0 Å². The summed E-state index contributed by atoms with van der Waals surface area (Å²) < 4.78 is 18.7. The van der Waals surface area contributed by atoms with Crippen molar-refractivity contribution >= 4 is 17.9 Å². The van der Waals surface area contributed by atoms with Crippen molar-refractivity contribution in [3.05, 3.63) is 128 Å². The van der Waals surface area contributed by atoms with Crippen molar-refractivity contribution in [2.45, 2.75) is 27.2 Å². The Morgan fingerprint density at radius 3 is 1.17 bits per heavy atom. The third-order valence-electron chi connectivity index (χ3n) is 6.18. The molecule has 0 aromatic heterocycles. The van der Waals surface area contributed by atoms with E-state index in [0.717, 1.165) is 16.7 Å². The molecule has 0 heterocycles. The number of rotatable bonds is 7. The average molecular weight is 518 g/mol. The summed E-state index contributed by atoms with van der Waals surface area (Å²) in [5, 5.41) is 0. The summed E-state index contributed by atoms with van der Waals surface area (Å²) in [6, 6.07) is 25.1. The summed E-state index contributed by atoms with van der Waals surface area (Å²) in [5.74, 6) is -2.17. The molecule has 1 aliphatic carbocycles. The molecule has 36 heavy (non-hydrogen) atoms. The molecule has 0 bridgehead atoms. The molecule has 0 unspecified atom stereocenters. The molecular formula is C29H26O6Ti. The van der Waals surface area contributed by atoms with E-state index in [4.69, 9.17) is 9.96 Å². The molecule has 1 aliphatic rings. The average Bonchev–Trinajstić information content (AvgIpc) is 3.17. The van der Waals surface area contributed by atoms with E-state index in [0.29, 0.717) is 10.3 Å². The molecule has 0 radical (unpaired) electrons. The molecule has 0 atom stereocenters. The van der Waals surface area contributed by atoms with Gasteiger partial charge in [-0.15, -0.1) is 0 Å². The minimum atomic E-state index is -5.17. The number of benzene rings is 3. The van der Waals surface area contributed by atoms with Crippen molar-refractivity contribution in [2.24, 2.45) is 0 Å². The quantitative estimate of drug-likeness (QED) is 0.334. The van der Waals surface area contributed by atoms with Crippen LogP contribution in [-0.2, 0) is 27.7 Å². The zero-order valence-electron chi connectivity index (χ0n) is 20.3. The molecule has 3 aromatic rings. The molecule has 4 rings (SSSR count). The summed E-state index contributed by atoms with van der Waals surface area (Å²) in [6.45, 7) is 5.77. The Morgan fingerprint density at radius 1 is 0.556 bits per heavy atom. The van der Waals surface area contributed by atoms with Crippen molar-refractivity contribution < 1.29 is 42.1 Å². The SMILES string of the molecule is CC1=C(C)C(C)=[C]([Ti]([O]C(=O)c2ccccc2)([O]C(=O)c2ccccc2)[O]C(=O)c2ccccc2)C1. The molecule has 0 N–H and O–H groups in total. The van der Waals surface area contributed by atoms with Gasteiger partial charge in [0.05, 0.1) is 0 Å². The van der Waals surface area contributed by atoms with Crippen molar-refractivity contribution in [3.63, 3.8) is 0 Å². The van der Waals surface area contributed by atoms with Crippen LogP contribution >= 0.6 is 0 Å². The van der Waals surface area contributed by atoms with E-state index < -0.39 is 35.7 Å². The number of allylic oxidation sites excluding steroid dienone is 4. The molecule has 0 saturated carbocycles.